The molecular weight excluding hydrogens is 664 g/mol. The Labute approximate surface area is 286 Å². The zero-order valence-corrected chi connectivity index (χ0v) is 27.5. The average molecular weight is 705 g/mol. The molecule has 50 heavy (non-hydrogen) atoms. The highest BCUT2D eigenvalue weighted by Crippen LogP contribution is 2.42. The van der Waals surface area contributed by atoms with Crippen molar-refractivity contribution in [1.82, 2.24) is 0 Å². The van der Waals surface area contributed by atoms with Crippen LogP contribution < -0.4 is 0 Å². The Morgan fingerprint density at radius 2 is 0.340 bits per heavy atom. The number of carbonyl (C=O) groups excluding carboxylic acids is 8. The number of esters is 8. The maximum absolute atomic E-state index is 12.1. The van der Waals surface area contributed by atoms with Gasteiger partial charge in [0.2, 0.25) is 0 Å². The summed E-state index contributed by atoms with van der Waals surface area (Å²) in [5.41, 5.74) is 0. The van der Waals surface area contributed by atoms with E-state index in [1.54, 1.807) is 0 Å². The van der Waals surface area contributed by atoms with Crippen LogP contribution in [0, 0.1) is 47.3 Å². The minimum Gasteiger partial charge on any atom is -0.352 e. The van der Waals surface area contributed by atoms with E-state index in [0.717, 1.165) is 0 Å². The maximum atomic E-state index is 12.1. The summed E-state index contributed by atoms with van der Waals surface area (Å²) in [7, 11) is 0. The van der Waals surface area contributed by atoms with Gasteiger partial charge in [-0.25, -0.2) is 0 Å². The summed E-state index contributed by atoms with van der Waals surface area (Å²) in [4.78, 5) is 97.0. The Hall–Kier alpha value is -4.24. The minimum atomic E-state index is -2.72. The zero-order valence-electron chi connectivity index (χ0n) is 27.5. The van der Waals surface area contributed by atoms with Crippen molar-refractivity contribution in [3.8, 4) is 0 Å². The van der Waals surface area contributed by atoms with Crippen LogP contribution in [0.5, 0.6) is 0 Å². The van der Waals surface area contributed by atoms with E-state index in [9.17, 15) is 38.4 Å². The molecule has 0 atom stereocenters. The lowest BCUT2D eigenvalue weighted by Crippen LogP contribution is -2.49. The van der Waals surface area contributed by atoms with Crippen LogP contribution in [0.1, 0.15) is 103 Å². The Kier molecular flexibility index (Phi) is 9.22. The van der Waals surface area contributed by atoms with Crippen LogP contribution in [0.15, 0.2) is 0 Å². The van der Waals surface area contributed by atoms with Crippen molar-refractivity contribution in [3.05, 3.63) is 0 Å². The van der Waals surface area contributed by atoms with Crippen molar-refractivity contribution in [1.29, 1.82) is 0 Å². The summed E-state index contributed by atoms with van der Waals surface area (Å²) < 4.78 is 41.1. The third-order valence-electron chi connectivity index (χ3n) is 9.09. The van der Waals surface area contributed by atoms with Gasteiger partial charge in [-0.3, -0.25) is 38.4 Å². The molecule has 0 radical (unpaired) electrons. The second kappa shape index (κ2) is 13.5. The molecule has 0 aromatic heterocycles. The van der Waals surface area contributed by atoms with Crippen LogP contribution in [0.3, 0.4) is 0 Å². The summed E-state index contributed by atoms with van der Waals surface area (Å²) in [5.74, 6) is -8.38. The first-order chi connectivity index (χ1) is 23.9. The second-order valence-electron chi connectivity index (χ2n) is 14.6. The van der Waals surface area contributed by atoms with Gasteiger partial charge in [-0.1, -0.05) is 0 Å². The molecule has 0 spiro atoms. The highest BCUT2D eigenvalue weighted by Gasteiger charge is 2.58. The largest absolute Gasteiger partial charge is 0.619 e. The number of hydrogen-bond donors (Lipinski definition) is 0. The van der Waals surface area contributed by atoms with Gasteiger partial charge >= 0.3 is 60.1 Å². The Morgan fingerprint density at radius 3 is 0.420 bits per heavy atom. The summed E-state index contributed by atoms with van der Waals surface area (Å²) in [6.07, 6.45) is 4.75. The van der Waals surface area contributed by atoms with Crippen molar-refractivity contribution in [3.63, 3.8) is 0 Å². The number of carbonyl (C=O) groups is 8. The summed E-state index contributed by atoms with van der Waals surface area (Å²) in [5, 5.41) is 0. The fourth-order valence-electron chi connectivity index (χ4n) is 4.45. The Balaban J connectivity index is 0.000000157. The van der Waals surface area contributed by atoms with E-state index in [1.165, 1.54) is 0 Å². The van der Waals surface area contributed by atoms with Crippen LogP contribution in [-0.4, -0.2) is 60.1 Å². The molecule has 8 rings (SSSR count). The molecule has 0 aromatic carbocycles. The molecule has 8 saturated carbocycles. The smallest absolute Gasteiger partial charge is 0.352 e. The standard InChI is InChI=1S/2C17H20O8/c2*18-13(9-1-2-9)22-17(23-14(19)10-3-4-10,24-15(20)11-5-6-11)25-16(21)12-7-8-12/h2*9-12H,1-8H2. The molecule has 0 unspecified atom stereocenters. The van der Waals surface area contributed by atoms with Crippen LogP contribution in [0.4, 0.5) is 0 Å². The topological polar surface area (TPSA) is 210 Å². The summed E-state index contributed by atoms with van der Waals surface area (Å²) >= 11 is 0. The number of hydrogen-bond acceptors (Lipinski definition) is 16. The van der Waals surface area contributed by atoms with E-state index in [0.29, 0.717) is 103 Å². The van der Waals surface area contributed by atoms with Crippen LogP contribution in [0.2, 0.25) is 0 Å². The van der Waals surface area contributed by atoms with E-state index in [4.69, 9.17) is 37.9 Å². The molecule has 0 heterocycles. The molecule has 272 valence electrons. The van der Waals surface area contributed by atoms with E-state index in [-0.39, 0.29) is 47.3 Å². The Morgan fingerprint density at radius 1 is 0.240 bits per heavy atom. The molecule has 0 N–H and O–H groups in total. The van der Waals surface area contributed by atoms with Crippen LogP contribution >= 0.6 is 0 Å². The minimum absolute atomic E-state index is 0.349. The van der Waals surface area contributed by atoms with Gasteiger partial charge in [0.1, 0.15) is 0 Å². The average Bonchev–Trinajstić information content (AvgIpc) is 3.94. The first-order valence-corrected chi connectivity index (χ1v) is 17.7. The molecular formula is C34H40O16. The highest BCUT2D eigenvalue weighted by molar-refractivity contribution is 5.82. The third-order valence-corrected chi connectivity index (χ3v) is 9.09. The predicted molar refractivity (Wildman–Crippen MR) is 156 cm³/mol. The van der Waals surface area contributed by atoms with Gasteiger partial charge in [0.05, 0.1) is 47.3 Å². The molecule has 8 aliphatic carbocycles. The fourth-order valence-corrected chi connectivity index (χ4v) is 4.45. The van der Waals surface area contributed by atoms with E-state index in [2.05, 4.69) is 0 Å². The molecule has 0 bridgehead atoms. The van der Waals surface area contributed by atoms with Gasteiger partial charge in [-0.15, -0.1) is 0 Å². The molecule has 16 nitrogen and oxygen atoms in total. The normalized spacial score (nSPS) is 22.7. The molecule has 8 fully saturated rings. The van der Waals surface area contributed by atoms with Crippen molar-refractivity contribution >= 4 is 47.8 Å². The van der Waals surface area contributed by atoms with Crippen molar-refractivity contribution in [2.24, 2.45) is 47.3 Å². The quantitative estimate of drug-likeness (QED) is 0.167. The molecule has 0 aliphatic heterocycles. The number of ether oxygens (including phenoxy) is 8. The first-order valence-electron chi connectivity index (χ1n) is 17.7. The zero-order chi connectivity index (χ0) is 35.2. The first kappa shape index (κ1) is 34.2. The van der Waals surface area contributed by atoms with Gasteiger partial charge < -0.3 is 37.9 Å². The lowest BCUT2D eigenvalue weighted by atomic mass is 10.4. The lowest BCUT2D eigenvalue weighted by Gasteiger charge is -2.29. The van der Waals surface area contributed by atoms with Crippen LogP contribution in [-0.2, 0) is 76.3 Å². The summed E-state index contributed by atoms with van der Waals surface area (Å²) in [6, 6.07) is 0. The van der Waals surface area contributed by atoms with Crippen molar-refractivity contribution in [2.45, 2.75) is 115 Å². The lowest BCUT2D eigenvalue weighted by molar-refractivity contribution is -0.435. The molecule has 0 amide bonds. The molecule has 8 aliphatic rings. The van der Waals surface area contributed by atoms with Gasteiger partial charge in [0, 0.05) is 0 Å². The van der Waals surface area contributed by atoms with Crippen molar-refractivity contribution in [2.75, 3.05) is 0 Å². The predicted octanol–water partition coefficient (Wildman–Crippen LogP) is 2.82. The summed E-state index contributed by atoms with van der Waals surface area (Å²) in [6.45, 7) is 0. The fraction of sp³-hybridized carbons (Fsp3) is 0.765. The highest BCUT2D eigenvalue weighted by atomic mass is 17.0. The van der Waals surface area contributed by atoms with E-state index < -0.39 is 60.1 Å². The Bertz CT molecular complexity index is 1110. The van der Waals surface area contributed by atoms with Gasteiger partial charge in [0.25, 0.3) is 0 Å². The van der Waals surface area contributed by atoms with Crippen molar-refractivity contribution < 1.29 is 76.3 Å². The molecule has 16 heteroatoms. The third kappa shape index (κ3) is 9.50. The van der Waals surface area contributed by atoms with Gasteiger partial charge in [-0.2, -0.15) is 0 Å². The second-order valence-corrected chi connectivity index (χ2v) is 14.6. The molecule has 0 aromatic rings. The molecule has 0 saturated heterocycles. The van der Waals surface area contributed by atoms with E-state index >= 15 is 0 Å². The van der Waals surface area contributed by atoms with Gasteiger partial charge in [-0.05, 0) is 103 Å². The van der Waals surface area contributed by atoms with Gasteiger partial charge in [0.15, 0.2) is 0 Å². The van der Waals surface area contributed by atoms with E-state index in [1.807, 2.05) is 0 Å². The monoisotopic (exact) mass is 704 g/mol. The van der Waals surface area contributed by atoms with Crippen LogP contribution in [0.25, 0.3) is 0 Å². The maximum Gasteiger partial charge on any atom is 0.619 e. The number of rotatable bonds is 16. The SMILES string of the molecule is O=C(OC(OC(=O)C1CC1)(OC(=O)C1CC1)OC(=O)C1CC1)C1CC1.O=C(OC(OC(=O)C1CC1)(OC(=O)C1CC1)OC(=O)C1CC1)C1CC1.